The zero-order chi connectivity index (χ0) is 24.9. The molecule has 1 aliphatic heterocycles. The van der Waals surface area contributed by atoms with Crippen LogP contribution in [0.25, 0.3) is 11.0 Å². The zero-order valence-electron chi connectivity index (χ0n) is 19.8. The maximum atomic E-state index is 13.4. The molecule has 0 bridgehead atoms. The van der Waals surface area contributed by atoms with E-state index >= 15 is 0 Å². The smallest absolute Gasteiger partial charge is 0.206 e. The van der Waals surface area contributed by atoms with E-state index < -0.39 is 9.84 Å². The highest BCUT2D eigenvalue weighted by Gasteiger charge is 2.23. The Labute approximate surface area is 209 Å². The molecule has 6 nitrogen and oxygen atoms in total. The van der Waals surface area contributed by atoms with Crippen LogP contribution in [0.3, 0.4) is 0 Å². The van der Waals surface area contributed by atoms with Crippen molar-refractivity contribution < 1.29 is 13.2 Å². The van der Waals surface area contributed by atoms with Crippen LogP contribution >= 0.6 is 0 Å². The van der Waals surface area contributed by atoms with Crippen molar-refractivity contribution in [3.63, 3.8) is 0 Å². The fourth-order valence-corrected chi connectivity index (χ4v) is 5.73. The molecule has 5 aromatic rings. The number of aromatic nitrogens is 2. The second-order valence-electron chi connectivity index (χ2n) is 8.97. The highest BCUT2D eigenvalue weighted by Crippen LogP contribution is 2.34. The normalized spacial score (nSPS) is 13.0. The van der Waals surface area contributed by atoms with Gasteiger partial charge in [-0.25, -0.2) is 13.4 Å². The Morgan fingerprint density at radius 2 is 1.47 bits per heavy atom. The molecule has 0 saturated carbocycles. The Morgan fingerprint density at radius 3 is 2.22 bits per heavy atom. The van der Waals surface area contributed by atoms with E-state index in [9.17, 15) is 8.42 Å². The lowest BCUT2D eigenvalue weighted by molar-refractivity contribution is 0.482. The summed E-state index contributed by atoms with van der Waals surface area (Å²) in [6.07, 6.45) is 0.565. The first-order valence-electron chi connectivity index (χ1n) is 11.6. The number of hydrogen-bond acceptors (Lipinski definition) is 5. The molecule has 0 aliphatic carbocycles. The van der Waals surface area contributed by atoms with Gasteiger partial charge in [-0.15, -0.1) is 0 Å². The number of fused-ring (bicyclic) bond motifs is 2. The molecule has 4 aromatic carbocycles. The fraction of sp³-hybridized carbons (Fsp3) is 0.103. The molecule has 1 aliphatic rings. The van der Waals surface area contributed by atoms with Gasteiger partial charge in [0.2, 0.25) is 9.84 Å². The Bertz CT molecular complexity index is 1750. The summed E-state index contributed by atoms with van der Waals surface area (Å²) in [6, 6.07) is 25.8. The molecule has 0 fully saturated rings. The highest BCUT2D eigenvalue weighted by molar-refractivity contribution is 7.91. The maximum Gasteiger partial charge on any atom is 0.206 e. The quantitative estimate of drug-likeness (QED) is 0.304. The van der Waals surface area contributed by atoms with Gasteiger partial charge in [-0.2, -0.15) is 0 Å². The number of nitrogens with one attached hydrogen (secondary N) is 1. The van der Waals surface area contributed by atoms with E-state index in [2.05, 4.69) is 9.97 Å². The summed E-state index contributed by atoms with van der Waals surface area (Å²) >= 11 is 0. The summed E-state index contributed by atoms with van der Waals surface area (Å²) in [5.74, 6) is 2.28. The number of hydrogen-bond donors (Lipinski definition) is 1. The summed E-state index contributed by atoms with van der Waals surface area (Å²) in [6.45, 7) is 3.88. The number of H-pyrrole nitrogens is 1. The minimum Gasteiger partial charge on any atom is -0.457 e. The molecule has 0 amide bonds. The third-order valence-electron chi connectivity index (χ3n) is 6.30. The number of benzene rings is 4. The molecule has 0 radical (unpaired) electrons. The molecule has 0 atom stereocenters. The van der Waals surface area contributed by atoms with Crippen LogP contribution in [-0.4, -0.2) is 24.1 Å². The number of rotatable bonds is 5. The average Bonchev–Trinajstić information content (AvgIpc) is 3.47. The zero-order valence-corrected chi connectivity index (χ0v) is 20.6. The van der Waals surface area contributed by atoms with Crippen LogP contribution in [0.15, 0.2) is 99.7 Å². The molecule has 178 valence electrons. The van der Waals surface area contributed by atoms with Gasteiger partial charge in [-0.1, -0.05) is 17.7 Å². The van der Waals surface area contributed by atoms with Crippen LogP contribution in [0, 0.1) is 13.8 Å². The molecule has 36 heavy (non-hydrogen) atoms. The van der Waals surface area contributed by atoms with E-state index in [1.165, 1.54) is 5.56 Å². The number of imidazole rings is 1. The van der Waals surface area contributed by atoms with Crippen LogP contribution in [0.4, 0.5) is 5.69 Å². The van der Waals surface area contributed by atoms with Crippen molar-refractivity contribution in [2.75, 3.05) is 0 Å². The van der Waals surface area contributed by atoms with Crippen LogP contribution < -0.4 is 4.74 Å². The SMILES string of the molecule is Cc1ccc(Oc2ccc(C3=Nc4ccc(S(=O)(=O)c5ccc6nc(C)[nH]c6c5)cc4C3)cc2)cc1. The highest BCUT2D eigenvalue weighted by atomic mass is 32.2. The third-order valence-corrected chi connectivity index (χ3v) is 8.05. The number of aliphatic imine (C=N–C) groups is 1. The lowest BCUT2D eigenvalue weighted by Gasteiger charge is -2.07. The Hall–Kier alpha value is -4.23. The summed E-state index contributed by atoms with van der Waals surface area (Å²) in [5.41, 5.74) is 6.20. The van der Waals surface area contributed by atoms with E-state index in [0.29, 0.717) is 11.9 Å². The van der Waals surface area contributed by atoms with Crippen molar-refractivity contribution in [1.82, 2.24) is 9.97 Å². The summed E-state index contributed by atoms with van der Waals surface area (Å²) in [4.78, 5) is 12.7. The van der Waals surface area contributed by atoms with E-state index in [4.69, 9.17) is 9.73 Å². The van der Waals surface area contributed by atoms with Gasteiger partial charge >= 0.3 is 0 Å². The van der Waals surface area contributed by atoms with Gasteiger partial charge in [0.1, 0.15) is 17.3 Å². The van der Waals surface area contributed by atoms with E-state index in [0.717, 1.165) is 45.4 Å². The number of ether oxygens (including phenoxy) is 1. The number of sulfone groups is 1. The van der Waals surface area contributed by atoms with E-state index in [-0.39, 0.29) is 9.79 Å². The second-order valence-corrected chi connectivity index (χ2v) is 10.9. The summed E-state index contributed by atoms with van der Waals surface area (Å²) in [5, 5.41) is 0. The molecular weight excluding hydrogens is 470 g/mol. The van der Waals surface area contributed by atoms with Gasteiger partial charge < -0.3 is 9.72 Å². The molecule has 7 heteroatoms. The van der Waals surface area contributed by atoms with Gasteiger partial charge in [0.05, 0.1) is 32.2 Å². The predicted molar refractivity (Wildman–Crippen MR) is 140 cm³/mol. The van der Waals surface area contributed by atoms with Crippen LogP contribution in [0.2, 0.25) is 0 Å². The molecule has 2 heterocycles. The minimum atomic E-state index is -3.68. The molecule has 0 unspecified atom stereocenters. The Morgan fingerprint density at radius 1 is 0.806 bits per heavy atom. The first-order chi connectivity index (χ1) is 17.3. The number of nitrogens with zero attached hydrogens (tertiary/aromatic N) is 2. The maximum absolute atomic E-state index is 13.4. The van der Waals surface area contributed by atoms with Gasteiger partial charge in [0.15, 0.2) is 0 Å². The second kappa shape index (κ2) is 8.46. The Balaban J connectivity index is 1.22. The lowest BCUT2D eigenvalue weighted by atomic mass is 10.0. The van der Waals surface area contributed by atoms with Gasteiger partial charge in [0, 0.05) is 6.42 Å². The lowest BCUT2D eigenvalue weighted by Crippen LogP contribution is -2.03. The predicted octanol–water partition coefficient (Wildman–Crippen LogP) is 6.48. The Kier molecular flexibility index (Phi) is 5.23. The van der Waals surface area contributed by atoms with E-state index in [1.807, 2.05) is 62.4 Å². The fourth-order valence-electron chi connectivity index (χ4n) is 4.39. The van der Waals surface area contributed by atoms with Crippen LogP contribution in [-0.2, 0) is 16.3 Å². The third kappa shape index (κ3) is 4.07. The van der Waals surface area contributed by atoms with Gasteiger partial charge in [-0.3, -0.25) is 4.99 Å². The first kappa shape index (κ1) is 22.2. The van der Waals surface area contributed by atoms with Crippen molar-refractivity contribution in [2.24, 2.45) is 4.99 Å². The summed E-state index contributed by atoms with van der Waals surface area (Å²) < 4.78 is 32.6. The standard InChI is InChI=1S/C29H23N3O3S/c1-18-3-7-22(8-4-18)35-23-9-5-20(6-10-23)28-16-21-15-24(11-13-26(21)32-28)36(33,34)25-12-14-27-29(17-25)31-19(2)30-27/h3-15,17H,16H2,1-2H3,(H,30,31). The molecule has 6 rings (SSSR count). The molecule has 1 aromatic heterocycles. The van der Waals surface area contributed by atoms with Crippen LogP contribution in [0.1, 0.15) is 22.5 Å². The van der Waals surface area contributed by atoms with E-state index in [1.54, 1.807) is 36.4 Å². The van der Waals surface area contributed by atoms with Crippen molar-refractivity contribution in [3.05, 3.63) is 107 Å². The summed E-state index contributed by atoms with van der Waals surface area (Å²) in [7, 11) is -3.68. The number of aryl methyl sites for hydroxylation is 2. The molecule has 1 N–H and O–H groups in total. The van der Waals surface area contributed by atoms with Crippen molar-refractivity contribution in [2.45, 2.75) is 30.1 Å². The average molecular weight is 494 g/mol. The van der Waals surface area contributed by atoms with Crippen LogP contribution in [0.5, 0.6) is 11.5 Å². The largest absolute Gasteiger partial charge is 0.457 e. The monoisotopic (exact) mass is 493 g/mol. The van der Waals surface area contributed by atoms with Crippen molar-refractivity contribution in [3.8, 4) is 11.5 Å². The van der Waals surface area contributed by atoms with Crippen molar-refractivity contribution >= 4 is 32.3 Å². The molecule has 0 spiro atoms. The minimum absolute atomic E-state index is 0.238. The van der Waals surface area contributed by atoms with Gasteiger partial charge in [0.25, 0.3) is 0 Å². The topological polar surface area (TPSA) is 84.4 Å². The van der Waals surface area contributed by atoms with Crippen molar-refractivity contribution in [1.29, 1.82) is 0 Å². The molecule has 0 saturated heterocycles. The number of aromatic amines is 1. The first-order valence-corrected chi connectivity index (χ1v) is 13.1. The van der Waals surface area contributed by atoms with Gasteiger partial charge in [-0.05, 0) is 97.8 Å². The molecular formula is C29H23N3O3S.